The number of piperazine rings is 1. The van der Waals surface area contributed by atoms with Crippen LogP contribution in [0.5, 0.6) is 0 Å². The van der Waals surface area contributed by atoms with Gasteiger partial charge in [0, 0.05) is 63.5 Å². The molecule has 1 amide bonds. The van der Waals surface area contributed by atoms with Gasteiger partial charge in [0.1, 0.15) is 0 Å². The molecule has 0 atom stereocenters. The second-order valence-corrected chi connectivity index (χ2v) is 9.10. The van der Waals surface area contributed by atoms with E-state index in [0.29, 0.717) is 5.69 Å². The third-order valence-corrected chi connectivity index (χ3v) is 6.21. The molecule has 3 N–H and O–H groups in total. The average molecular weight is 574 g/mol. The van der Waals surface area contributed by atoms with Crippen LogP contribution in [-0.4, -0.2) is 105 Å². The molecule has 1 saturated heterocycles. The number of carboxylic acids is 2. The fourth-order valence-corrected chi connectivity index (χ4v) is 4.12. The number of aliphatic carboxylic acids is 2. The fourth-order valence-electron chi connectivity index (χ4n) is 3.46. The number of nitrogens with zero attached hydrogens (tertiary/aromatic N) is 4. The summed E-state index contributed by atoms with van der Waals surface area (Å²) >= 11 is 1.73. The van der Waals surface area contributed by atoms with Crippen molar-refractivity contribution >= 4 is 29.2 Å². The van der Waals surface area contributed by atoms with Gasteiger partial charge in [-0.05, 0) is 29.4 Å². The predicted octanol–water partition coefficient (Wildman–Crippen LogP) is 2.68. The van der Waals surface area contributed by atoms with Crippen molar-refractivity contribution in [3.63, 3.8) is 0 Å². The summed E-state index contributed by atoms with van der Waals surface area (Å²) in [6, 6.07) is 2.17. The Labute approximate surface area is 216 Å². The summed E-state index contributed by atoms with van der Waals surface area (Å²) in [5.41, 5.74) is 4.21. The summed E-state index contributed by atoms with van der Waals surface area (Å²) < 4.78 is 63.5. The van der Waals surface area contributed by atoms with E-state index in [9.17, 15) is 31.1 Å². The van der Waals surface area contributed by atoms with E-state index in [1.54, 1.807) is 11.3 Å². The first-order valence-electron chi connectivity index (χ1n) is 11.0. The van der Waals surface area contributed by atoms with Crippen LogP contribution in [0, 0.1) is 0 Å². The fraction of sp³-hybridized carbons (Fsp3) is 0.524. The molecule has 17 heteroatoms. The Morgan fingerprint density at radius 2 is 1.55 bits per heavy atom. The number of carboxylic acid groups (broad SMARTS) is 2. The number of rotatable bonds is 3. The van der Waals surface area contributed by atoms with Crippen molar-refractivity contribution in [2.45, 2.75) is 31.9 Å². The van der Waals surface area contributed by atoms with Gasteiger partial charge in [0.15, 0.2) is 5.69 Å². The molecular weight excluding hydrogens is 548 g/mol. The van der Waals surface area contributed by atoms with Crippen molar-refractivity contribution < 1.29 is 50.9 Å². The van der Waals surface area contributed by atoms with Crippen molar-refractivity contribution in [3.8, 4) is 0 Å². The summed E-state index contributed by atoms with van der Waals surface area (Å²) in [7, 11) is 2.10. The Morgan fingerprint density at radius 3 is 2.03 bits per heavy atom. The molecule has 0 radical (unpaired) electrons. The monoisotopic (exact) mass is 573 g/mol. The number of amides is 1. The molecule has 0 bridgehead atoms. The highest BCUT2D eigenvalue weighted by Crippen LogP contribution is 2.24. The van der Waals surface area contributed by atoms with Gasteiger partial charge in [-0.25, -0.2) is 9.59 Å². The number of hydrogen-bond acceptors (Lipinski definition) is 7. The number of carbonyl (C=O) groups is 3. The Balaban J connectivity index is 0.000000301. The van der Waals surface area contributed by atoms with E-state index >= 15 is 0 Å². The normalized spacial score (nSPS) is 16.4. The van der Waals surface area contributed by atoms with Gasteiger partial charge < -0.3 is 20.0 Å². The van der Waals surface area contributed by atoms with Gasteiger partial charge in [-0.1, -0.05) is 0 Å². The number of alkyl halides is 6. The number of carbonyl (C=O) groups excluding carboxylic acids is 1. The molecule has 1 fully saturated rings. The largest absolute Gasteiger partial charge is 0.490 e. The van der Waals surface area contributed by atoms with Crippen molar-refractivity contribution in [1.82, 2.24) is 24.9 Å². The maximum atomic E-state index is 12.9. The zero-order chi connectivity index (χ0) is 28.7. The van der Waals surface area contributed by atoms with Gasteiger partial charge in [-0.15, -0.1) is 0 Å². The van der Waals surface area contributed by atoms with Crippen LogP contribution in [0.15, 0.2) is 16.8 Å². The van der Waals surface area contributed by atoms with Gasteiger partial charge in [-0.3, -0.25) is 14.8 Å². The number of H-pyrrole nitrogens is 1. The minimum atomic E-state index is -5.08. The zero-order valence-electron chi connectivity index (χ0n) is 20.0. The second-order valence-electron chi connectivity index (χ2n) is 8.32. The van der Waals surface area contributed by atoms with E-state index in [1.807, 2.05) is 4.90 Å². The van der Waals surface area contributed by atoms with E-state index in [4.69, 9.17) is 19.8 Å². The molecule has 2 aliphatic heterocycles. The van der Waals surface area contributed by atoms with Crippen LogP contribution in [0.4, 0.5) is 26.3 Å². The lowest BCUT2D eigenvalue weighted by Gasteiger charge is -2.32. The Bertz CT molecular complexity index is 1060. The summed E-state index contributed by atoms with van der Waals surface area (Å²) in [6.45, 7) is 6.19. The lowest BCUT2D eigenvalue weighted by atomic mass is 10.0. The van der Waals surface area contributed by atoms with Crippen molar-refractivity contribution in [1.29, 1.82) is 0 Å². The van der Waals surface area contributed by atoms with Crippen molar-refractivity contribution in [2.75, 3.05) is 39.8 Å². The molecule has 4 rings (SSSR count). The van der Waals surface area contributed by atoms with Crippen LogP contribution in [-0.2, 0) is 29.1 Å². The van der Waals surface area contributed by atoms with Crippen LogP contribution >= 0.6 is 11.3 Å². The molecule has 0 saturated carbocycles. The van der Waals surface area contributed by atoms with E-state index in [2.05, 4.69) is 43.9 Å². The number of nitrogens with one attached hydrogen (secondary N) is 1. The number of aromatic amines is 1. The molecule has 0 spiro atoms. The smallest absolute Gasteiger partial charge is 0.475 e. The predicted molar refractivity (Wildman–Crippen MR) is 122 cm³/mol. The molecule has 0 aromatic carbocycles. The molecule has 0 aliphatic carbocycles. The summed E-state index contributed by atoms with van der Waals surface area (Å²) in [4.78, 5) is 37.3. The van der Waals surface area contributed by atoms with E-state index < -0.39 is 24.3 Å². The topological polar surface area (TPSA) is 130 Å². The lowest BCUT2D eigenvalue weighted by molar-refractivity contribution is -0.193. The van der Waals surface area contributed by atoms with Crippen LogP contribution in [0.1, 0.15) is 27.3 Å². The van der Waals surface area contributed by atoms with Crippen LogP contribution in [0.25, 0.3) is 0 Å². The second kappa shape index (κ2) is 13.1. The summed E-state index contributed by atoms with van der Waals surface area (Å²) in [6.07, 6.45) is -9.23. The van der Waals surface area contributed by atoms with E-state index in [-0.39, 0.29) is 5.91 Å². The highest BCUT2D eigenvalue weighted by molar-refractivity contribution is 7.07. The molecule has 4 heterocycles. The van der Waals surface area contributed by atoms with E-state index in [1.165, 1.54) is 5.56 Å². The van der Waals surface area contributed by atoms with Crippen LogP contribution < -0.4 is 0 Å². The molecule has 10 nitrogen and oxygen atoms in total. The maximum Gasteiger partial charge on any atom is 0.490 e. The van der Waals surface area contributed by atoms with Crippen molar-refractivity contribution in [2.24, 2.45) is 0 Å². The average Bonchev–Trinajstić information content (AvgIpc) is 3.48. The third-order valence-electron chi connectivity index (χ3n) is 5.48. The Hall–Kier alpha value is -3.18. The molecule has 0 unspecified atom stereocenters. The number of hydrogen-bond donors (Lipinski definition) is 3. The minimum absolute atomic E-state index is 0.0815. The first-order chi connectivity index (χ1) is 17.6. The van der Waals surface area contributed by atoms with Crippen molar-refractivity contribution in [3.05, 3.63) is 39.3 Å². The van der Waals surface area contributed by atoms with Gasteiger partial charge in [-0.2, -0.15) is 42.8 Å². The van der Waals surface area contributed by atoms with Crippen LogP contribution in [0.3, 0.4) is 0 Å². The number of thiophene rings is 1. The van der Waals surface area contributed by atoms with E-state index in [0.717, 1.165) is 63.5 Å². The first kappa shape index (κ1) is 31.0. The first-order valence-corrected chi connectivity index (χ1v) is 11.9. The molecule has 212 valence electrons. The molecule has 38 heavy (non-hydrogen) atoms. The van der Waals surface area contributed by atoms with Gasteiger partial charge in [0.2, 0.25) is 0 Å². The van der Waals surface area contributed by atoms with Gasteiger partial charge >= 0.3 is 24.3 Å². The summed E-state index contributed by atoms with van der Waals surface area (Å²) in [5.74, 6) is -5.43. The minimum Gasteiger partial charge on any atom is -0.475 e. The standard InChI is InChI=1S/C17H23N5OS.2C2HF3O2/c1-20-5-7-22(8-6-20)17(23)16-14-11-21(4-2-15(14)18-19-16)10-13-3-9-24-12-13;2*3-2(4,5)1(6)7/h3,9,12H,2,4-8,10-11H2,1H3,(H,18,19);2*(H,6,7). The highest BCUT2D eigenvalue weighted by atomic mass is 32.1. The lowest BCUT2D eigenvalue weighted by Crippen LogP contribution is -2.47. The molecular formula is C21H25F6N5O5S. The van der Waals surface area contributed by atoms with Crippen LogP contribution in [0.2, 0.25) is 0 Å². The zero-order valence-corrected chi connectivity index (χ0v) is 20.8. The Morgan fingerprint density at radius 1 is 1.00 bits per heavy atom. The summed E-state index contributed by atoms with van der Waals surface area (Å²) in [5, 5.41) is 26.0. The number of likely N-dealkylation sites (N-methyl/N-ethyl adjacent to an activating group) is 1. The third kappa shape index (κ3) is 9.29. The number of halogens is 6. The highest BCUT2D eigenvalue weighted by Gasteiger charge is 2.39. The molecule has 2 aromatic rings. The maximum absolute atomic E-state index is 12.9. The number of aromatic nitrogens is 2. The quantitative estimate of drug-likeness (QED) is 0.478. The number of fused-ring (bicyclic) bond motifs is 1. The van der Waals surface area contributed by atoms with Gasteiger partial charge in [0.05, 0.1) is 0 Å². The SMILES string of the molecule is CN1CCN(C(=O)c2n[nH]c3c2CN(Cc2ccsc2)CC3)CC1.O=C(O)C(F)(F)F.O=C(O)C(F)(F)F. The molecule has 2 aromatic heterocycles. The molecule has 2 aliphatic rings. The van der Waals surface area contributed by atoms with Gasteiger partial charge in [0.25, 0.3) is 5.91 Å². The Kier molecular flexibility index (Phi) is 10.7.